The van der Waals surface area contributed by atoms with E-state index in [2.05, 4.69) is 0 Å². The van der Waals surface area contributed by atoms with Gasteiger partial charge in [0.15, 0.2) is 0 Å². The molecule has 11 nitrogen and oxygen atoms in total. The van der Waals surface area contributed by atoms with Gasteiger partial charge >= 0.3 is 5.97 Å². The predicted octanol–water partition coefficient (Wildman–Crippen LogP) is 4.59. The highest BCUT2D eigenvalue weighted by atomic mass is 32.2. The van der Waals surface area contributed by atoms with E-state index in [1.54, 1.807) is 0 Å². The highest BCUT2D eigenvalue weighted by Gasteiger charge is 2.28. The molecule has 0 amide bonds. The van der Waals surface area contributed by atoms with Crippen molar-refractivity contribution < 1.29 is 48.4 Å². The molecule has 0 aliphatic carbocycles. The molecule has 4 aromatic carbocycles. The first kappa shape index (κ1) is 28.1. The number of benzene rings is 4. The molecule has 0 atom stereocenters. The lowest BCUT2D eigenvalue weighted by molar-refractivity contribution is -0.134. The highest BCUT2D eigenvalue weighted by molar-refractivity contribution is 7.87. The molecule has 204 valence electrons. The Morgan fingerprint density at radius 1 is 0.658 bits per heavy atom. The maximum Gasteiger partial charge on any atom is 0.311 e. The zero-order valence-corrected chi connectivity index (χ0v) is 22.5. The van der Waals surface area contributed by atoms with E-state index < -0.39 is 51.0 Å². The molecule has 4 rings (SSSR count). The third-order valence-electron chi connectivity index (χ3n) is 6.29. The third-order valence-corrected chi connectivity index (χ3v) is 8.97. The van der Waals surface area contributed by atoms with E-state index >= 15 is 0 Å². The molecule has 0 fully saturated rings. The summed E-state index contributed by atoms with van der Waals surface area (Å²) >= 11 is 0. The van der Waals surface area contributed by atoms with Crippen molar-refractivity contribution in [3.63, 3.8) is 0 Å². The molecule has 14 heteroatoms. The van der Waals surface area contributed by atoms with E-state index in [-0.39, 0.29) is 44.5 Å². The standard InChI is InChI=1S/C24H24O11S3/c1-2-3-4-5-6-7-22(25)35-18-12-19(36(26,27)28)15-10-11-17-21(38(32,33)34)13-20(37(29,30)31)16-9-8-14(18)23(15)24(16)17/h8-13H,2-7H2,1H3,(H,26,27,28)(H,29,30,31)(H,32,33,34). The average Bonchev–Trinajstić information content (AvgIpc) is 2.80. The number of carbonyl (C=O) groups is 1. The van der Waals surface area contributed by atoms with Crippen molar-refractivity contribution in [2.45, 2.75) is 60.1 Å². The Kier molecular flexibility index (Phi) is 7.42. The van der Waals surface area contributed by atoms with Crippen molar-refractivity contribution in [2.75, 3.05) is 0 Å². The van der Waals surface area contributed by atoms with Crippen molar-refractivity contribution in [1.29, 1.82) is 0 Å². The first-order chi connectivity index (χ1) is 17.6. The molecule has 0 saturated heterocycles. The number of unbranched alkanes of at least 4 members (excludes halogenated alkanes) is 4. The summed E-state index contributed by atoms with van der Waals surface area (Å²) in [5.74, 6) is -0.932. The second-order valence-corrected chi connectivity index (χ2v) is 13.1. The SMILES string of the molecule is CCCCCCCC(=O)Oc1cc(S(=O)(=O)O)c2ccc3c(S(=O)(=O)O)cc(S(=O)(=O)O)c4ccc1c2c43. The molecule has 38 heavy (non-hydrogen) atoms. The van der Waals surface area contributed by atoms with E-state index in [1.807, 2.05) is 6.92 Å². The topological polar surface area (TPSA) is 189 Å². The van der Waals surface area contributed by atoms with Crippen LogP contribution < -0.4 is 4.74 Å². The van der Waals surface area contributed by atoms with Gasteiger partial charge in [0, 0.05) is 44.8 Å². The number of hydrogen-bond donors (Lipinski definition) is 3. The number of ether oxygens (including phenoxy) is 1. The van der Waals surface area contributed by atoms with E-state index in [4.69, 9.17) is 4.74 Å². The van der Waals surface area contributed by atoms with Crippen LogP contribution in [0.3, 0.4) is 0 Å². The molecule has 0 bridgehead atoms. The zero-order valence-electron chi connectivity index (χ0n) is 20.0. The molecule has 0 unspecified atom stereocenters. The van der Waals surface area contributed by atoms with E-state index in [1.165, 1.54) is 18.2 Å². The maximum atomic E-state index is 12.6. The Bertz CT molecular complexity index is 1840. The lowest BCUT2D eigenvalue weighted by atomic mass is 9.93. The van der Waals surface area contributed by atoms with Gasteiger partial charge in [-0.3, -0.25) is 18.5 Å². The fraction of sp³-hybridized carbons (Fsp3) is 0.292. The molecule has 0 radical (unpaired) electrons. The normalized spacial score (nSPS) is 13.1. The molecule has 0 heterocycles. The van der Waals surface area contributed by atoms with Crippen molar-refractivity contribution in [3.05, 3.63) is 36.4 Å². The quantitative estimate of drug-likeness (QED) is 0.0777. The largest absolute Gasteiger partial charge is 0.426 e. The van der Waals surface area contributed by atoms with Gasteiger partial charge in [-0.25, -0.2) is 0 Å². The summed E-state index contributed by atoms with van der Waals surface area (Å²) in [5.41, 5.74) is 0. The summed E-state index contributed by atoms with van der Waals surface area (Å²) in [6.07, 6.45) is 4.32. The van der Waals surface area contributed by atoms with Crippen molar-refractivity contribution >= 4 is 68.6 Å². The summed E-state index contributed by atoms with van der Waals surface area (Å²) in [6, 6.07) is 6.42. The van der Waals surface area contributed by atoms with Gasteiger partial charge in [-0.15, -0.1) is 0 Å². The Balaban J connectivity index is 2.05. The molecule has 0 spiro atoms. The molecule has 3 N–H and O–H groups in total. The second-order valence-electron chi connectivity index (χ2n) is 8.88. The summed E-state index contributed by atoms with van der Waals surface area (Å²) in [6.45, 7) is 2.05. The first-order valence-electron chi connectivity index (χ1n) is 11.6. The minimum absolute atomic E-state index is 0.0344. The minimum atomic E-state index is -5.02. The average molecular weight is 585 g/mol. The first-order valence-corrected chi connectivity index (χ1v) is 15.9. The van der Waals surface area contributed by atoms with E-state index in [0.717, 1.165) is 37.8 Å². The molecular formula is C24H24O11S3. The molecule has 4 aromatic rings. The van der Waals surface area contributed by atoms with E-state index in [0.29, 0.717) is 12.5 Å². The van der Waals surface area contributed by atoms with Crippen molar-refractivity contribution in [3.8, 4) is 5.75 Å². The number of hydrogen-bond acceptors (Lipinski definition) is 8. The molecule has 0 saturated carbocycles. The summed E-state index contributed by atoms with van der Waals surface area (Å²) < 4.78 is 108. The van der Waals surface area contributed by atoms with Gasteiger partial charge in [0.05, 0.1) is 0 Å². The number of rotatable bonds is 10. The molecule has 0 aliphatic rings. The van der Waals surface area contributed by atoms with Crippen LogP contribution in [0.2, 0.25) is 0 Å². The van der Waals surface area contributed by atoms with Crippen LogP contribution in [-0.4, -0.2) is 44.9 Å². The molecule has 0 aromatic heterocycles. The monoisotopic (exact) mass is 584 g/mol. The second kappa shape index (κ2) is 10.0. The summed E-state index contributed by atoms with van der Waals surface area (Å²) in [7, 11) is -15.0. The lowest BCUT2D eigenvalue weighted by Gasteiger charge is -2.18. The van der Waals surface area contributed by atoms with E-state index in [9.17, 15) is 43.7 Å². The van der Waals surface area contributed by atoms with Gasteiger partial charge in [0.2, 0.25) is 0 Å². The third kappa shape index (κ3) is 5.32. The summed E-state index contributed by atoms with van der Waals surface area (Å²) in [4.78, 5) is 10.2. The van der Waals surface area contributed by atoms with Gasteiger partial charge < -0.3 is 4.74 Å². The fourth-order valence-electron chi connectivity index (χ4n) is 4.64. The van der Waals surface area contributed by atoms with Crippen LogP contribution in [0.15, 0.2) is 51.1 Å². The van der Waals surface area contributed by atoms with Crippen LogP contribution in [0.4, 0.5) is 0 Å². The van der Waals surface area contributed by atoms with Crippen molar-refractivity contribution in [1.82, 2.24) is 0 Å². The Labute approximate surface area is 219 Å². The smallest absolute Gasteiger partial charge is 0.311 e. The number of carbonyl (C=O) groups excluding carboxylic acids is 1. The lowest BCUT2D eigenvalue weighted by Crippen LogP contribution is -2.10. The van der Waals surface area contributed by atoms with Gasteiger partial charge in [-0.2, -0.15) is 25.3 Å². The maximum absolute atomic E-state index is 12.6. The Morgan fingerprint density at radius 2 is 1.08 bits per heavy atom. The Hall–Kier alpha value is -2.88. The Morgan fingerprint density at radius 3 is 1.55 bits per heavy atom. The van der Waals surface area contributed by atoms with Crippen LogP contribution >= 0.6 is 0 Å². The van der Waals surface area contributed by atoms with Gasteiger partial charge in [0.25, 0.3) is 30.4 Å². The van der Waals surface area contributed by atoms with Crippen LogP contribution in [0.25, 0.3) is 32.3 Å². The molecular weight excluding hydrogens is 560 g/mol. The van der Waals surface area contributed by atoms with Crippen LogP contribution in [0.5, 0.6) is 5.75 Å². The van der Waals surface area contributed by atoms with Crippen LogP contribution in [0, 0.1) is 0 Å². The zero-order chi connectivity index (χ0) is 28.0. The van der Waals surface area contributed by atoms with Gasteiger partial charge in [-0.05, 0) is 18.6 Å². The minimum Gasteiger partial charge on any atom is -0.426 e. The van der Waals surface area contributed by atoms with Crippen LogP contribution in [0.1, 0.15) is 45.4 Å². The summed E-state index contributed by atoms with van der Waals surface area (Å²) in [5, 5.41) is -0.601. The van der Waals surface area contributed by atoms with Crippen LogP contribution in [-0.2, 0) is 35.1 Å². The highest BCUT2D eigenvalue weighted by Crippen LogP contribution is 2.45. The van der Waals surface area contributed by atoms with Gasteiger partial charge in [-0.1, -0.05) is 50.8 Å². The van der Waals surface area contributed by atoms with Gasteiger partial charge in [0.1, 0.15) is 20.4 Å². The fourth-order valence-corrected chi connectivity index (χ4v) is 6.85. The van der Waals surface area contributed by atoms with Crippen molar-refractivity contribution in [2.24, 2.45) is 0 Å². The molecule has 0 aliphatic heterocycles. The number of esters is 1. The predicted molar refractivity (Wildman–Crippen MR) is 139 cm³/mol.